The summed E-state index contributed by atoms with van der Waals surface area (Å²) in [5.74, 6) is -0.602. The lowest BCUT2D eigenvalue weighted by atomic mass is 10.2. The molecule has 168 valence electrons. The van der Waals surface area contributed by atoms with Crippen LogP contribution in [0.25, 0.3) is 10.8 Å². The Kier molecular flexibility index (Phi) is 6.23. The van der Waals surface area contributed by atoms with Crippen LogP contribution in [0, 0.1) is 5.82 Å². The lowest BCUT2D eigenvalue weighted by Crippen LogP contribution is -2.38. The van der Waals surface area contributed by atoms with E-state index in [1.807, 2.05) is 0 Å². The average molecular weight is 466 g/mol. The Balaban J connectivity index is 1.75. The van der Waals surface area contributed by atoms with Gasteiger partial charge in [-0.25, -0.2) is 12.8 Å². The maximum atomic E-state index is 13.8. The summed E-state index contributed by atoms with van der Waals surface area (Å²) in [5, 5.41) is 3.68. The number of amides is 1. The van der Waals surface area contributed by atoms with Gasteiger partial charge >= 0.3 is 0 Å². The SMILES string of the molecule is COc1ccc(N(CC(=O)Nc2cccc(F)c2)S(=O)(=O)c2cccc3cnccc23)cc1. The molecule has 1 amide bonds. The number of nitrogens with one attached hydrogen (secondary N) is 1. The van der Waals surface area contributed by atoms with Gasteiger partial charge in [-0.2, -0.15) is 0 Å². The van der Waals surface area contributed by atoms with Crippen molar-refractivity contribution < 1.29 is 22.3 Å². The smallest absolute Gasteiger partial charge is 0.265 e. The summed E-state index contributed by atoms with van der Waals surface area (Å²) in [7, 11) is -2.67. The Morgan fingerprint density at radius 1 is 1.06 bits per heavy atom. The fraction of sp³-hybridized carbons (Fsp3) is 0.0833. The van der Waals surface area contributed by atoms with Crippen LogP contribution in [0.1, 0.15) is 0 Å². The minimum Gasteiger partial charge on any atom is -0.497 e. The number of hydrogen-bond acceptors (Lipinski definition) is 5. The third-order valence-electron chi connectivity index (χ3n) is 4.96. The molecule has 1 aromatic heterocycles. The number of nitrogens with zero attached hydrogens (tertiary/aromatic N) is 2. The molecule has 9 heteroatoms. The average Bonchev–Trinajstić information content (AvgIpc) is 2.82. The summed E-state index contributed by atoms with van der Waals surface area (Å²) in [6.45, 7) is -0.521. The van der Waals surface area contributed by atoms with Gasteiger partial charge in [-0.15, -0.1) is 0 Å². The summed E-state index contributed by atoms with van der Waals surface area (Å²) < 4.78 is 47.2. The van der Waals surface area contributed by atoms with E-state index in [-0.39, 0.29) is 16.3 Å². The van der Waals surface area contributed by atoms with E-state index in [9.17, 15) is 17.6 Å². The van der Waals surface area contributed by atoms with E-state index in [0.717, 1.165) is 10.4 Å². The number of fused-ring (bicyclic) bond motifs is 1. The highest BCUT2D eigenvalue weighted by atomic mass is 32.2. The third kappa shape index (κ3) is 4.78. The fourth-order valence-electron chi connectivity index (χ4n) is 3.40. The van der Waals surface area contributed by atoms with Crippen LogP contribution in [0.5, 0.6) is 5.75 Å². The molecule has 0 bridgehead atoms. The maximum absolute atomic E-state index is 13.8. The second-order valence-electron chi connectivity index (χ2n) is 7.12. The van der Waals surface area contributed by atoms with Crippen molar-refractivity contribution in [3.05, 3.63) is 91.0 Å². The first kappa shape index (κ1) is 22.2. The molecule has 0 saturated heterocycles. The van der Waals surface area contributed by atoms with Crippen molar-refractivity contribution in [2.45, 2.75) is 4.90 Å². The first-order valence-electron chi connectivity index (χ1n) is 9.93. The normalized spacial score (nSPS) is 11.2. The number of hydrogen-bond donors (Lipinski definition) is 1. The van der Waals surface area contributed by atoms with Crippen LogP contribution < -0.4 is 14.4 Å². The van der Waals surface area contributed by atoms with Crippen molar-refractivity contribution in [2.75, 3.05) is 23.3 Å². The second-order valence-corrected chi connectivity index (χ2v) is 8.95. The third-order valence-corrected chi connectivity index (χ3v) is 6.80. The summed E-state index contributed by atoms with van der Waals surface area (Å²) in [5.41, 5.74) is 0.500. The van der Waals surface area contributed by atoms with Gasteiger partial charge in [0, 0.05) is 28.9 Å². The molecule has 0 aliphatic heterocycles. The first-order valence-corrected chi connectivity index (χ1v) is 11.4. The summed E-state index contributed by atoms with van der Waals surface area (Å²) in [6.07, 6.45) is 3.08. The molecule has 0 fully saturated rings. The molecule has 7 nitrogen and oxygen atoms in total. The van der Waals surface area contributed by atoms with E-state index in [0.29, 0.717) is 16.5 Å². The molecule has 4 aromatic rings. The predicted octanol–water partition coefficient (Wildman–Crippen LogP) is 4.22. The summed E-state index contributed by atoms with van der Waals surface area (Å²) in [4.78, 5) is 16.9. The molecule has 1 N–H and O–H groups in total. The number of carbonyl (C=O) groups is 1. The summed E-state index contributed by atoms with van der Waals surface area (Å²) in [6, 6.07) is 18.2. The topological polar surface area (TPSA) is 88.6 Å². The van der Waals surface area contributed by atoms with Crippen molar-refractivity contribution in [3.63, 3.8) is 0 Å². The Labute approximate surface area is 190 Å². The molecule has 0 radical (unpaired) electrons. The number of halogens is 1. The van der Waals surface area contributed by atoms with E-state index in [4.69, 9.17) is 4.74 Å². The monoisotopic (exact) mass is 465 g/mol. The van der Waals surface area contributed by atoms with Crippen molar-refractivity contribution >= 4 is 38.1 Å². The molecule has 0 aliphatic carbocycles. The van der Waals surface area contributed by atoms with Crippen molar-refractivity contribution in [3.8, 4) is 5.75 Å². The van der Waals surface area contributed by atoms with E-state index in [2.05, 4.69) is 10.3 Å². The number of methoxy groups -OCH3 is 1. The van der Waals surface area contributed by atoms with Gasteiger partial charge in [0.25, 0.3) is 10.0 Å². The lowest BCUT2D eigenvalue weighted by Gasteiger charge is -2.25. The molecular formula is C24H20FN3O4S. The van der Waals surface area contributed by atoms with E-state index < -0.39 is 28.3 Å². The number of aromatic nitrogens is 1. The number of rotatable bonds is 7. The zero-order chi connectivity index (χ0) is 23.4. The van der Waals surface area contributed by atoms with Gasteiger partial charge in [0.1, 0.15) is 18.1 Å². The highest BCUT2D eigenvalue weighted by Crippen LogP contribution is 2.30. The Morgan fingerprint density at radius 2 is 1.82 bits per heavy atom. The van der Waals surface area contributed by atoms with Gasteiger partial charge in [-0.3, -0.25) is 14.1 Å². The number of ether oxygens (including phenoxy) is 1. The van der Waals surface area contributed by atoms with Crippen LogP contribution in [0.2, 0.25) is 0 Å². The molecular weight excluding hydrogens is 445 g/mol. The molecule has 0 unspecified atom stereocenters. The maximum Gasteiger partial charge on any atom is 0.265 e. The molecule has 33 heavy (non-hydrogen) atoms. The minimum atomic E-state index is -4.17. The second kappa shape index (κ2) is 9.25. The molecule has 0 atom stereocenters. The van der Waals surface area contributed by atoms with Crippen LogP contribution in [0.4, 0.5) is 15.8 Å². The number of benzene rings is 3. The van der Waals surface area contributed by atoms with Gasteiger partial charge < -0.3 is 10.1 Å². The van der Waals surface area contributed by atoms with Crippen LogP contribution in [-0.4, -0.2) is 33.0 Å². The van der Waals surface area contributed by atoms with Crippen molar-refractivity contribution in [2.24, 2.45) is 0 Å². The van der Waals surface area contributed by atoms with Gasteiger partial charge in [0.05, 0.1) is 17.7 Å². The van der Waals surface area contributed by atoms with Crippen molar-refractivity contribution in [1.29, 1.82) is 0 Å². The number of anilines is 2. The van der Waals surface area contributed by atoms with E-state index >= 15 is 0 Å². The quantitative estimate of drug-likeness (QED) is 0.442. The lowest BCUT2D eigenvalue weighted by molar-refractivity contribution is -0.114. The summed E-state index contributed by atoms with van der Waals surface area (Å²) >= 11 is 0. The minimum absolute atomic E-state index is 0.0387. The van der Waals surface area contributed by atoms with Gasteiger partial charge in [-0.1, -0.05) is 18.2 Å². The largest absolute Gasteiger partial charge is 0.497 e. The van der Waals surface area contributed by atoms with Crippen LogP contribution in [-0.2, 0) is 14.8 Å². The molecule has 0 spiro atoms. The Hall–Kier alpha value is -3.98. The van der Waals surface area contributed by atoms with E-state index in [1.165, 1.54) is 37.6 Å². The highest BCUT2D eigenvalue weighted by molar-refractivity contribution is 7.93. The van der Waals surface area contributed by atoms with Crippen LogP contribution in [0.15, 0.2) is 90.1 Å². The van der Waals surface area contributed by atoms with Crippen molar-refractivity contribution in [1.82, 2.24) is 4.98 Å². The first-order chi connectivity index (χ1) is 15.9. The zero-order valence-corrected chi connectivity index (χ0v) is 18.4. The molecule has 1 heterocycles. The Bertz CT molecular complexity index is 1400. The molecule has 3 aromatic carbocycles. The fourth-order valence-corrected chi connectivity index (χ4v) is 5.04. The standard InChI is InChI=1S/C24H20FN3O4S/c1-32-21-10-8-20(9-11-21)28(16-24(29)27-19-6-3-5-18(25)14-19)33(30,31)23-7-2-4-17-15-26-13-12-22(17)23/h2-15H,16H2,1H3,(H,27,29). The molecule has 4 rings (SSSR count). The molecule has 0 saturated carbocycles. The van der Waals surface area contributed by atoms with Gasteiger partial charge in [0.2, 0.25) is 5.91 Å². The number of sulfonamides is 1. The Morgan fingerprint density at radius 3 is 2.55 bits per heavy atom. The number of pyridine rings is 1. The van der Waals surface area contributed by atoms with Gasteiger partial charge in [0.15, 0.2) is 0 Å². The highest BCUT2D eigenvalue weighted by Gasteiger charge is 2.29. The zero-order valence-electron chi connectivity index (χ0n) is 17.6. The molecule has 0 aliphatic rings. The van der Waals surface area contributed by atoms with Gasteiger partial charge in [-0.05, 0) is 54.6 Å². The van der Waals surface area contributed by atoms with E-state index in [1.54, 1.807) is 48.7 Å². The van der Waals surface area contributed by atoms with Crippen LogP contribution in [0.3, 0.4) is 0 Å². The predicted molar refractivity (Wildman–Crippen MR) is 124 cm³/mol. The van der Waals surface area contributed by atoms with Crippen LogP contribution >= 0.6 is 0 Å². The number of carbonyl (C=O) groups excluding carboxylic acids is 1.